The first kappa shape index (κ1) is 20.9. The molecule has 2 unspecified atom stereocenters. The van der Waals surface area contributed by atoms with Crippen LogP contribution in [0.1, 0.15) is 45.2 Å². The summed E-state index contributed by atoms with van der Waals surface area (Å²) in [4.78, 5) is 32.2. The summed E-state index contributed by atoms with van der Waals surface area (Å²) < 4.78 is 7.94. The molecule has 3 heterocycles. The number of nitrogens with zero attached hydrogens (tertiary/aromatic N) is 4. The second-order valence-corrected chi connectivity index (χ2v) is 9.33. The van der Waals surface area contributed by atoms with E-state index in [0.29, 0.717) is 28.8 Å². The van der Waals surface area contributed by atoms with Gasteiger partial charge in [0.15, 0.2) is 0 Å². The molecule has 1 saturated carbocycles. The molecule has 1 aliphatic heterocycles. The minimum absolute atomic E-state index is 0.0174. The quantitative estimate of drug-likeness (QED) is 0.666. The van der Waals surface area contributed by atoms with E-state index in [1.165, 1.54) is 0 Å². The van der Waals surface area contributed by atoms with E-state index < -0.39 is 11.2 Å². The monoisotopic (exact) mass is 416 g/mol. The number of nitrogen functional groups attached to an aromatic ring is 1. The van der Waals surface area contributed by atoms with Gasteiger partial charge in [-0.15, -0.1) is 0 Å². The van der Waals surface area contributed by atoms with Gasteiger partial charge in [0.05, 0.1) is 17.5 Å². The van der Waals surface area contributed by atoms with E-state index in [-0.39, 0.29) is 23.4 Å². The fourth-order valence-electron chi connectivity index (χ4n) is 4.88. The molecule has 1 aliphatic carbocycles. The smallest absolute Gasteiger partial charge is 0.350 e. The Kier molecular flexibility index (Phi) is 5.14. The van der Waals surface area contributed by atoms with Crippen LogP contribution >= 0.6 is 0 Å². The highest BCUT2D eigenvalue weighted by Crippen LogP contribution is 2.41. The summed E-state index contributed by atoms with van der Waals surface area (Å²) in [6.07, 6.45) is 3.38. The van der Waals surface area contributed by atoms with Gasteiger partial charge in [0, 0.05) is 49.5 Å². The SMILES string of the molecule is CCOCC(N)C1CN(c2ncc3c(=O)n(N)c(=O)n(C4CC4)c3c2C)CC1(C)C. The zero-order valence-corrected chi connectivity index (χ0v) is 18.2. The van der Waals surface area contributed by atoms with Gasteiger partial charge in [-0.05, 0) is 32.1 Å². The van der Waals surface area contributed by atoms with Crippen molar-refractivity contribution in [3.8, 4) is 0 Å². The predicted octanol–water partition coefficient (Wildman–Crippen LogP) is 0.742. The van der Waals surface area contributed by atoms with Crippen LogP contribution in [0.25, 0.3) is 10.9 Å². The number of ether oxygens (including phenoxy) is 1. The first-order valence-corrected chi connectivity index (χ1v) is 10.7. The van der Waals surface area contributed by atoms with Crippen molar-refractivity contribution < 1.29 is 4.74 Å². The topological polar surface area (TPSA) is 121 Å². The average molecular weight is 417 g/mol. The van der Waals surface area contributed by atoms with Crippen molar-refractivity contribution in [3.63, 3.8) is 0 Å². The molecule has 2 atom stereocenters. The van der Waals surface area contributed by atoms with E-state index in [2.05, 4.69) is 23.7 Å². The van der Waals surface area contributed by atoms with Crippen molar-refractivity contribution in [2.75, 3.05) is 37.0 Å². The summed E-state index contributed by atoms with van der Waals surface area (Å²) in [6, 6.07) is 0.0199. The Morgan fingerprint density at radius 1 is 1.33 bits per heavy atom. The molecule has 0 amide bonds. The zero-order valence-electron chi connectivity index (χ0n) is 18.2. The Bertz CT molecular complexity index is 1080. The highest BCUT2D eigenvalue weighted by molar-refractivity contribution is 5.84. The second-order valence-electron chi connectivity index (χ2n) is 9.33. The molecular formula is C21H32N6O3. The molecule has 2 fully saturated rings. The summed E-state index contributed by atoms with van der Waals surface area (Å²) in [5.41, 5.74) is 6.96. The molecule has 1 saturated heterocycles. The van der Waals surface area contributed by atoms with Crippen LogP contribution in [0.15, 0.2) is 15.8 Å². The van der Waals surface area contributed by atoms with Crippen LogP contribution in [0.5, 0.6) is 0 Å². The molecule has 4 N–H and O–H groups in total. The average Bonchev–Trinajstić information content (AvgIpc) is 3.48. The summed E-state index contributed by atoms with van der Waals surface area (Å²) in [7, 11) is 0. The molecule has 0 bridgehead atoms. The number of aromatic nitrogens is 3. The highest BCUT2D eigenvalue weighted by Gasteiger charge is 2.43. The van der Waals surface area contributed by atoms with Gasteiger partial charge in [0.1, 0.15) is 5.82 Å². The minimum atomic E-state index is -0.507. The maximum Gasteiger partial charge on any atom is 0.350 e. The number of anilines is 1. The van der Waals surface area contributed by atoms with Gasteiger partial charge in [0.2, 0.25) is 0 Å². The van der Waals surface area contributed by atoms with Crippen LogP contribution in [0, 0.1) is 18.3 Å². The summed E-state index contributed by atoms with van der Waals surface area (Å²) in [5, 5.41) is 0.383. The number of hydrogen-bond acceptors (Lipinski definition) is 7. The number of fused-ring (bicyclic) bond motifs is 1. The van der Waals surface area contributed by atoms with E-state index in [0.717, 1.165) is 37.3 Å². The maximum atomic E-state index is 12.8. The van der Waals surface area contributed by atoms with E-state index in [9.17, 15) is 9.59 Å². The van der Waals surface area contributed by atoms with E-state index in [1.54, 1.807) is 10.8 Å². The van der Waals surface area contributed by atoms with Gasteiger partial charge in [-0.2, -0.15) is 4.68 Å². The molecule has 4 rings (SSSR count). The molecule has 164 valence electrons. The number of hydrogen-bond donors (Lipinski definition) is 2. The highest BCUT2D eigenvalue weighted by atomic mass is 16.5. The third-order valence-corrected chi connectivity index (χ3v) is 6.63. The van der Waals surface area contributed by atoms with Gasteiger partial charge in [-0.1, -0.05) is 13.8 Å². The molecule has 2 aliphatic rings. The van der Waals surface area contributed by atoms with Gasteiger partial charge in [0.25, 0.3) is 5.56 Å². The molecule has 9 nitrogen and oxygen atoms in total. The molecule has 0 aromatic carbocycles. The van der Waals surface area contributed by atoms with Crippen LogP contribution in [-0.2, 0) is 4.74 Å². The molecule has 2 aromatic rings. The zero-order chi connectivity index (χ0) is 21.8. The summed E-state index contributed by atoms with van der Waals surface area (Å²) in [6.45, 7) is 11.0. The van der Waals surface area contributed by atoms with Crippen molar-refractivity contribution >= 4 is 16.7 Å². The minimum Gasteiger partial charge on any atom is -0.380 e. The van der Waals surface area contributed by atoms with E-state index >= 15 is 0 Å². The Morgan fingerprint density at radius 3 is 2.67 bits per heavy atom. The molecule has 9 heteroatoms. The van der Waals surface area contributed by atoms with Gasteiger partial charge >= 0.3 is 5.69 Å². The van der Waals surface area contributed by atoms with E-state index in [4.69, 9.17) is 16.3 Å². The molecular weight excluding hydrogens is 384 g/mol. The first-order chi connectivity index (χ1) is 14.2. The first-order valence-electron chi connectivity index (χ1n) is 10.7. The Hall–Kier alpha value is -2.39. The lowest BCUT2D eigenvalue weighted by Crippen LogP contribution is -2.44. The van der Waals surface area contributed by atoms with Crippen LogP contribution in [-0.4, -0.2) is 46.6 Å². The van der Waals surface area contributed by atoms with Crippen molar-refractivity contribution in [2.24, 2.45) is 17.1 Å². The normalized spacial score (nSPS) is 22.0. The summed E-state index contributed by atoms with van der Waals surface area (Å²) >= 11 is 0. The van der Waals surface area contributed by atoms with E-state index in [1.807, 2.05) is 13.8 Å². The second kappa shape index (κ2) is 7.39. The molecule has 30 heavy (non-hydrogen) atoms. The number of rotatable bonds is 6. The fraction of sp³-hybridized carbons (Fsp3) is 0.667. The Labute approximate surface area is 175 Å². The van der Waals surface area contributed by atoms with Crippen LogP contribution in [0.3, 0.4) is 0 Å². The standard InChI is InChI=1S/C21H32N6O3/c1-5-30-10-16(22)15-9-25(11-21(15,3)4)18-12(2)17-14(8-24-18)19(28)27(23)20(29)26(17)13-6-7-13/h8,13,15-16H,5-7,9-11,22-23H2,1-4H3. The third-order valence-electron chi connectivity index (χ3n) is 6.63. The molecule has 0 radical (unpaired) electrons. The maximum absolute atomic E-state index is 12.8. The number of pyridine rings is 1. The predicted molar refractivity (Wildman–Crippen MR) is 117 cm³/mol. The lowest BCUT2D eigenvalue weighted by Gasteiger charge is -2.30. The largest absolute Gasteiger partial charge is 0.380 e. The Balaban J connectivity index is 1.78. The lowest BCUT2D eigenvalue weighted by atomic mass is 9.78. The lowest BCUT2D eigenvalue weighted by molar-refractivity contribution is 0.0982. The number of nitrogens with two attached hydrogens (primary N) is 2. The van der Waals surface area contributed by atoms with Crippen molar-refractivity contribution in [3.05, 3.63) is 32.6 Å². The fourth-order valence-corrected chi connectivity index (χ4v) is 4.88. The molecule has 2 aromatic heterocycles. The Morgan fingerprint density at radius 2 is 2.03 bits per heavy atom. The van der Waals surface area contributed by atoms with Crippen molar-refractivity contribution in [1.29, 1.82) is 0 Å². The van der Waals surface area contributed by atoms with Crippen molar-refractivity contribution in [1.82, 2.24) is 14.2 Å². The van der Waals surface area contributed by atoms with Crippen LogP contribution in [0.2, 0.25) is 0 Å². The van der Waals surface area contributed by atoms with Crippen LogP contribution < -0.4 is 27.7 Å². The van der Waals surface area contributed by atoms with Crippen molar-refractivity contribution in [2.45, 2.75) is 52.6 Å². The number of aryl methyl sites for hydroxylation is 1. The van der Waals surface area contributed by atoms with Gasteiger partial charge in [-0.25, -0.2) is 9.78 Å². The molecule has 0 spiro atoms. The van der Waals surface area contributed by atoms with Gasteiger partial charge < -0.3 is 21.2 Å². The third kappa shape index (κ3) is 3.30. The summed E-state index contributed by atoms with van der Waals surface area (Å²) in [5.74, 6) is 6.79. The van der Waals surface area contributed by atoms with Crippen LogP contribution in [0.4, 0.5) is 5.82 Å². The van der Waals surface area contributed by atoms with Gasteiger partial charge in [-0.3, -0.25) is 9.36 Å².